The first-order valence-corrected chi connectivity index (χ1v) is 7.14. The molecule has 4 aliphatic rings. The van der Waals surface area contributed by atoms with Crippen molar-refractivity contribution in [1.82, 2.24) is 0 Å². The summed E-state index contributed by atoms with van der Waals surface area (Å²) in [5.41, 5.74) is 8.25. The largest absolute Gasteiger partial charge is 0.327 e. The molecular formula is C15H27N. The molecule has 92 valence electrons. The molecular weight excluding hydrogens is 194 g/mol. The highest BCUT2D eigenvalue weighted by molar-refractivity contribution is 5.12. The van der Waals surface area contributed by atoms with Crippen LogP contribution in [-0.2, 0) is 0 Å². The Morgan fingerprint density at radius 1 is 1.06 bits per heavy atom. The van der Waals surface area contributed by atoms with E-state index in [1.54, 1.807) is 0 Å². The van der Waals surface area contributed by atoms with Crippen LogP contribution in [0.25, 0.3) is 0 Å². The Balaban J connectivity index is 1.98. The van der Waals surface area contributed by atoms with E-state index in [2.05, 4.69) is 20.8 Å². The molecule has 3 atom stereocenters. The zero-order valence-corrected chi connectivity index (χ0v) is 11.2. The monoisotopic (exact) mass is 221 g/mol. The van der Waals surface area contributed by atoms with Crippen LogP contribution in [0.3, 0.4) is 0 Å². The molecule has 0 aliphatic heterocycles. The molecule has 0 spiro atoms. The molecule has 16 heavy (non-hydrogen) atoms. The van der Waals surface area contributed by atoms with E-state index >= 15 is 0 Å². The molecule has 4 saturated carbocycles. The average molecular weight is 221 g/mol. The summed E-state index contributed by atoms with van der Waals surface area (Å²) in [5, 5.41) is 0. The van der Waals surface area contributed by atoms with Gasteiger partial charge in [0.15, 0.2) is 0 Å². The fraction of sp³-hybridized carbons (Fsp3) is 1.00. The highest BCUT2D eigenvalue weighted by atomic mass is 14.8. The van der Waals surface area contributed by atoms with Gasteiger partial charge in [0.25, 0.3) is 0 Å². The SMILES string of the molecule is CCC(N)C12CC3CC(C)(CC(C)(C3)C1)C2. The van der Waals surface area contributed by atoms with E-state index in [4.69, 9.17) is 5.73 Å². The maximum atomic E-state index is 6.49. The quantitative estimate of drug-likeness (QED) is 0.755. The molecule has 2 N–H and O–H groups in total. The van der Waals surface area contributed by atoms with Gasteiger partial charge < -0.3 is 5.73 Å². The van der Waals surface area contributed by atoms with Crippen LogP contribution in [0.5, 0.6) is 0 Å². The predicted molar refractivity (Wildman–Crippen MR) is 68.1 cm³/mol. The van der Waals surface area contributed by atoms with Crippen molar-refractivity contribution in [1.29, 1.82) is 0 Å². The fourth-order valence-corrected chi connectivity index (χ4v) is 6.38. The third-order valence-electron chi connectivity index (χ3n) is 5.90. The van der Waals surface area contributed by atoms with Crippen molar-refractivity contribution in [2.24, 2.45) is 27.9 Å². The molecule has 0 amide bonds. The molecule has 0 saturated heterocycles. The van der Waals surface area contributed by atoms with Crippen molar-refractivity contribution in [3.8, 4) is 0 Å². The van der Waals surface area contributed by atoms with Crippen LogP contribution in [0.4, 0.5) is 0 Å². The summed E-state index contributed by atoms with van der Waals surface area (Å²) >= 11 is 0. The van der Waals surface area contributed by atoms with Crippen molar-refractivity contribution in [2.45, 2.75) is 71.8 Å². The second-order valence-electron chi connectivity index (χ2n) is 8.01. The van der Waals surface area contributed by atoms with Gasteiger partial charge in [-0.1, -0.05) is 20.8 Å². The summed E-state index contributed by atoms with van der Waals surface area (Å²) in [5.74, 6) is 0.990. The molecule has 0 aromatic rings. The summed E-state index contributed by atoms with van der Waals surface area (Å²) in [6.45, 7) is 7.34. The molecule has 0 radical (unpaired) electrons. The minimum Gasteiger partial charge on any atom is -0.327 e. The third-order valence-corrected chi connectivity index (χ3v) is 5.90. The lowest BCUT2D eigenvalue weighted by atomic mass is 9.39. The zero-order chi connectivity index (χ0) is 11.6. The number of hydrogen-bond acceptors (Lipinski definition) is 1. The van der Waals surface area contributed by atoms with Gasteiger partial charge in [-0.3, -0.25) is 0 Å². The van der Waals surface area contributed by atoms with E-state index in [1.807, 2.05) is 0 Å². The van der Waals surface area contributed by atoms with E-state index < -0.39 is 0 Å². The maximum Gasteiger partial charge on any atom is 0.00934 e. The van der Waals surface area contributed by atoms with Crippen molar-refractivity contribution >= 4 is 0 Å². The van der Waals surface area contributed by atoms with Crippen LogP contribution in [0, 0.1) is 22.2 Å². The second-order valence-corrected chi connectivity index (χ2v) is 8.01. The molecule has 4 fully saturated rings. The molecule has 0 heterocycles. The normalized spacial score (nSPS) is 56.6. The summed E-state index contributed by atoms with van der Waals surface area (Å²) in [7, 11) is 0. The first-order valence-electron chi connectivity index (χ1n) is 7.14. The number of hydrogen-bond donors (Lipinski definition) is 1. The van der Waals surface area contributed by atoms with E-state index in [9.17, 15) is 0 Å². The number of rotatable bonds is 2. The number of nitrogens with two attached hydrogens (primary N) is 1. The van der Waals surface area contributed by atoms with Gasteiger partial charge in [0.05, 0.1) is 0 Å². The van der Waals surface area contributed by atoms with Crippen LogP contribution in [-0.4, -0.2) is 6.04 Å². The molecule has 1 nitrogen and oxygen atoms in total. The molecule has 4 aliphatic carbocycles. The van der Waals surface area contributed by atoms with E-state index in [0.717, 1.165) is 5.92 Å². The van der Waals surface area contributed by atoms with Crippen LogP contribution in [0.1, 0.15) is 65.7 Å². The lowest BCUT2D eigenvalue weighted by molar-refractivity contribution is -0.153. The Bertz CT molecular complexity index is 291. The van der Waals surface area contributed by atoms with Gasteiger partial charge >= 0.3 is 0 Å². The molecule has 0 aromatic heterocycles. The van der Waals surface area contributed by atoms with E-state index in [0.29, 0.717) is 22.3 Å². The molecule has 0 aromatic carbocycles. The predicted octanol–water partition coefficient (Wildman–Crippen LogP) is 3.72. The highest BCUT2D eigenvalue weighted by Gasteiger charge is 2.61. The van der Waals surface area contributed by atoms with Gasteiger partial charge in [-0.05, 0) is 67.1 Å². The van der Waals surface area contributed by atoms with Crippen LogP contribution < -0.4 is 5.73 Å². The van der Waals surface area contributed by atoms with Crippen molar-refractivity contribution in [3.63, 3.8) is 0 Å². The van der Waals surface area contributed by atoms with Gasteiger partial charge in [-0.25, -0.2) is 0 Å². The first-order chi connectivity index (χ1) is 7.39. The van der Waals surface area contributed by atoms with E-state index in [1.165, 1.54) is 44.9 Å². The smallest absolute Gasteiger partial charge is 0.00934 e. The summed E-state index contributed by atoms with van der Waals surface area (Å²) in [6, 6.07) is 0.453. The highest BCUT2D eigenvalue weighted by Crippen LogP contribution is 2.70. The van der Waals surface area contributed by atoms with Crippen molar-refractivity contribution in [3.05, 3.63) is 0 Å². The van der Waals surface area contributed by atoms with Crippen molar-refractivity contribution in [2.75, 3.05) is 0 Å². The minimum absolute atomic E-state index is 0.453. The van der Waals surface area contributed by atoms with Gasteiger partial charge in [0.1, 0.15) is 0 Å². The van der Waals surface area contributed by atoms with Gasteiger partial charge in [-0.2, -0.15) is 0 Å². The summed E-state index contributed by atoms with van der Waals surface area (Å²) in [6.07, 6.45) is 9.88. The second kappa shape index (κ2) is 3.04. The standard InChI is InChI=1S/C15H27N/c1-4-12(16)15-7-11-5-13(2,9-15)8-14(3,6-11)10-15/h11-12H,4-10,16H2,1-3H3. The van der Waals surface area contributed by atoms with Crippen LogP contribution in [0.2, 0.25) is 0 Å². The molecule has 1 heteroatoms. The summed E-state index contributed by atoms with van der Waals surface area (Å²) in [4.78, 5) is 0. The molecule has 3 unspecified atom stereocenters. The van der Waals surface area contributed by atoms with Crippen LogP contribution >= 0.6 is 0 Å². The molecule has 4 rings (SSSR count). The lowest BCUT2D eigenvalue weighted by Crippen LogP contribution is -2.60. The Morgan fingerprint density at radius 2 is 1.62 bits per heavy atom. The Morgan fingerprint density at radius 3 is 2.06 bits per heavy atom. The van der Waals surface area contributed by atoms with Gasteiger partial charge in [0.2, 0.25) is 0 Å². The van der Waals surface area contributed by atoms with Crippen LogP contribution in [0.15, 0.2) is 0 Å². The first kappa shape index (κ1) is 11.1. The van der Waals surface area contributed by atoms with Gasteiger partial charge in [-0.15, -0.1) is 0 Å². The molecule has 4 bridgehead atoms. The summed E-state index contributed by atoms with van der Waals surface area (Å²) < 4.78 is 0. The minimum atomic E-state index is 0.453. The Labute approximate surface area is 100 Å². The lowest BCUT2D eigenvalue weighted by Gasteiger charge is -2.67. The third kappa shape index (κ3) is 1.40. The van der Waals surface area contributed by atoms with Crippen molar-refractivity contribution < 1.29 is 0 Å². The zero-order valence-electron chi connectivity index (χ0n) is 11.2. The maximum absolute atomic E-state index is 6.49. The Kier molecular flexibility index (Phi) is 2.11. The fourth-order valence-electron chi connectivity index (χ4n) is 6.38. The van der Waals surface area contributed by atoms with Gasteiger partial charge in [0, 0.05) is 6.04 Å². The topological polar surface area (TPSA) is 26.0 Å². The van der Waals surface area contributed by atoms with E-state index in [-0.39, 0.29) is 0 Å². The Hall–Kier alpha value is -0.0400. The average Bonchev–Trinajstić information content (AvgIpc) is 2.10.